The molecule has 0 unspecified atom stereocenters. The van der Waals surface area contributed by atoms with E-state index in [0.717, 1.165) is 10.4 Å². The van der Waals surface area contributed by atoms with Gasteiger partial charge in [0.2, 0.25) is 15.9 Å². The van der Waals surface area contributed by atoms with E-state index in [0.29, 0.717) is 17.5 Å². The van der Waals surface area contributed by atoms with Crippen LogP contribution in [0.2, 0.25) is 0 Å². The number of amides is 1. The molecular formula is C18H16FN3O3S. The Morgan fingerprint density at radius 3 is 2.62 bits per heavy atom. The van der Waals surface area contributed by atoms with E-state index in [4.69, 9.17) is 5.26 Å². The SMILES string of the molecule is N#CCN(Cc1ccccc1)S(=O)(=O)c1cc2c(cc1F)NC(=O)CC2. The van der Waals surface area contributed by atoms with Gasteiger partial charge in [0.15, 0.2) is 0 Å². The second kappa shape index (κ2) is 7.23. The summed E-state index contributed by atoms with van der Waals surface area (Å²) in [6, 6.07) is 12.9. The molecule has 1 N–H and O–H groups in total. The van der Waals surface area contributed by atoms with Crippen molar-refractivity contribution in [3.05, 3.63) is 59.4 Å². The van der Waals surface area contributed by atoms with Gasteiger partial charge in [-0.05, 0) is 29.7 Å². The molecule has 0 atom stereocenters. The fourth-order valence-corrected chi connectivity index (χ4v) is 4.23. The number of rotatable bonds is 5. The lowest BCUT2D eigenvalue weighted by molar-refractivity contribution is -0.116. The van der Waals surface area contributed by atoms with Gasteiger partial charge in [-0.3, -0.25) is 4.79 Å². The van der Waals surface area contributed by atoms with Gasteiger partial charge in [-0.25, -0.2) is 12.8 Å². The van der Waals surface area contributed by atoms with Crippen LogP contribution in [-0.2, 0) is 27.8 Å². The Bertz CT molecular complexity index is 985. The van der Waals surface area contributed by atoms with Crippen LogP contribution in [0.5, 0.6) is 0 Å². The van der Waals surface area contributed by atoms with Crippen LogP contribution < -0.4 is 5.32 Å². The first-order chi connectivity index (χ1) is 12.4. The average Bonchev–Trinajstić information content (AvgIpc) is 2.61. The Morgan fingerprint density at radius 2 is 1.92 bits per heavy atom. The number of anilines is 1. The molecule has 134 valence electrons. The summed E-state index contributed by atoms with van der Waals surface area (Å²) in [4.78, 5) is 10.9. The zero-order valence-electron chi connectivity index (χ0n) is 13.8. The summed E-state index contributed by atoms with van der Waals surface area (Å²) < 4.78 is 41.3. The topological polar surface area (TPSA) is 90.3 Å². The van der Waals surface area contributed by atoms with Gasteiger partial charge in [0.25, 0.3) is 0 Å². The summed E-state index contributed by atoms with van der Waals surface area (Å²) in [6.45, 7) is -0.436. The van der Waals surface area contributed by atoms with E-state index in [1.807, 2.05) is 6.07 Å². The molecular weight excluding hydrogens is 357 g/mol. The zero-order valence-corrected chi connectivity index (χ0v) is 14.6. The van der Waals surface area contributed by atoms with Crippen molar-refractivity contribution in [1.29, 1.82) is 5.26 Å². The minimum Gasteiger partial charge on any atom is -0.326 e. The van der Waals surface area contributed by atoms with Gasteiger partial charge in [-0.1, -0.05) is 30.3 Å². The minimum absolute atomic E-state index is 0.0377. The maximum Gasteiger partial charge on any atom is 0.247 e. The number of benzene rings is 2. The van der Waals surface area contributed by atoms with Crippen LogP contribution in [-0.4, -0.2) is 25.2 Å². The van der Waals surface area contributed by atoms with Gasteiger partial charge in [-0.15, -0.1) is 0 Å². The third-order valence-corrected chi connectivity index (χ3v) is 5.93. The first-order valence-electron chi connectivity index (χ1n) is 7.95. The Balaban J connectivity index is 2.00. The highest BCUT2D eigenvalue weighted by Gasteiger charge is 2.30. The summed E-state index contributed by atoms with van der Waals surface area (Å²) in [5, 5.41) is 11.6. The number of nitriles is 1. The molecule has 26 heavy (non-hydrogen) atoms. The lowest BCUT2D eigenvalue weighted by atomic mass is 10.0. The van der Waals surface area contributed by atoms with E-state index < -0.39 is 27.3 Å². The number of nitrogens with one attached hydrogen (secondary N) is 1. The van der Waals surface area contributed by atoms with Gasteiger partial charge in [0, 0.05) is 18.7 Å². The van der Waals surface area contributed by atoms with Gasteiger partial charge in [-0.2, -0.15) is 9.57 Å². The summed E-state index contributed by atoms with van der Waals surface area (Å²) in [5.74, 6) is -1.19. The van der Waals surface area contributed by atoms with E-state index in [-0.39, 0.29) is 24.6 Å². The number of nitrogens with zero attached hydrogens (tertiary/aromatic N) is 2. The second-order valence-corrected chi connectivity index (χ2v) is 7.81. The monoisotopic (exact) mass is 373 g/mol. The van der Waals surface area contributed by atoms with Crippen molar-refractivity contribution in [2.45, 2.75) is 24.3 Å². The van der Waals surface area contributed by atoms with E-state index in [1.165, 1.54) is 6.07 Å². The summed E-state index contributed by atoms with van der Waals surface area (Å²) in [5.41, 5.74) is 1.53. The van der Waals surface area contributed by atoms with Crippen LogP contribution in [0.15, 0.2) is 47.4 Å². The number of fused-ring (bicyclic) bond motifs is 1. The molecule has 8 heteroatoms. The fourth-order valence-electron chi connectivity index (χ4n) is 2.81. The third kappa shape index (κ3) is 3.59. The van der Waals surface area contributed by atoms with Crippen LogP contribution in [0.1, 0.15) is 17.5 Å². The molecule has 0 bridgehead atoms. The maximum absolute atomic E-state index is 14.5. The molecule has 0 aromatic heterocycles. The number of halogens is 1. The highest BCUT2D eigenvalue weighted by molar-refractivity contribution is 7.89. The molecule has 0 radical (unpaired) electrons. The van der Waals surface area contributed by atoms with Crippen molar-refractivity contribution >= 4 is 21.6 Å². The predicted octanol–water partition coefficient (Wildman–Crippen LogP) is 2.42. The highest BCUT2D eigenvalue weighted by Crippen LogP contribution is 2.30. The Hall–Kier alpha value is -2.76. The lowest BCUT2D eigenvalue weighted by Crippen LogP contribution is -2.32. The first kappa shape index (κ1) is 18.0. The highest BCUT2D eigenvalue weighted by atomic mass is 32.2. The van der Waals surface area contributed by atoms with E-state index in [2.05, 4.69) is 5.32 Å². The summed E-state index contributed by atoms with van der Waals surface area (Å²) >= 11 is 0. The molecule has 1 heterocycles. The molecule has 2 aromatic rings. The van der Waals surface area contributed by atoms with Crippen LogP contribution in [0.25, 0.3) is 0 Å². The molecule has 0 aliphatic carbocycles. The van der Waals surface area contributed by atoms with Crippen LogP contribution in [0, 0.1) is 17.1 Å². The quantitative estimate of drug-likeness (QED) is 0.815. The molecule has 0 spiro atoms. The largest absolute Gasteiger partial charge is 0.326 e. The molecule has 1 amide bonds. The van der Waals surface area contributed by atoms with E-state index >= 15 is 0 Å². The predicted molar refractivity (Wildman–Crippen MR) is 93.0 cm³/mol. The van der Waals surface area contributed by atoms with Crippen molar-refractivity contribution in [1.82, 2.24) is 4.31 Å². The van der Waals surface area contributed by atoms with Crippen molar-refractivity contribution < 1.29 is 17.6 Å². The molecule has 0 fully saturated rings. The molecule has 1 aliphatic heterocycles. The van der Waals surface area contributed by atoms with Crippen LogP contribution in [0.3, 0.4) is 0 Å². The van der Waals surface area contributed by atoms with Gasteiger partial charge in [0.1, 0.15) is 17.3 Å². The van der Waals surface area contributed by atoms with Crippen molar-refractivity contribution in [3.8, 4) is 6.07 Å². The van der Waals surface area contributed by atoms with Gasteiger partial charge < -0.3 is 5.32 Å². The minimum atomic E-state index is -4.22. The Kier molecular flexibility index (Phi) is 5.02. The van der Waals surface area contributed by atoms with Crippen LogP contribution >= 0.6 is 0 Å². The number of hydrogen-bond donors (Lipinski definition) is 1. The molecule has 6 nitrogen and oxygen atoms in total. The molecule has 3 rings (SSSR count). The van der Waals surface area contributed by atoms with Crippen molar-refractivity contribution in [2.24, 2.45) is 0 Å². The Labute approximate surface area is 150 Å². The number of sulfonamides is 1. The summed E-state index contributed by atoms with van der Waals surface area (Å²) in [7, 11) is -4.22. The standard InChI is InChI=1S/C18H16FN3O3S/c19-15-11-16-14(6-7-18(23)21-16)10-17(15)26(24,25)22(9-8-20)12-13-4-2-1-3-5-13/h1-5,10-11H,6-7,9,12H2,(H,21,23). The molecule has 0 saturated heterocycles. The average molecular weight is 373 g/mol. The lowest BCUT2D eigenvalue weighted by Gasteiger charge is -2.22. The second-order valence-electron chi connectivity index (χ2n) is 5.90. The fraction of sp³-hybridized carbons (Fsp3) is 0.222. The van der Waals surface area contributed by atoms with E-state index in [9.17, 15) is 17.6 Å². The first-order valence-corrected chi connectivity index (χ1v) is 9.39. The Morgan fingerprint density at radius 1 is 1.19 bits per heavy atom. The zero-order chi connectivity index (χ0) is 18.7. The number of carbonyl (C=O) groups is 1. The summed E-state index contributed by atoms with van der Waals surface area (Å²) in [6.07, 6.45) is 0.547. The molecule has 1 aliphatic rings. The number of carbonyl (C=O) groups excluding carboxylic acids is 1. The molecule has 0 saturated carbocycles. The number of hydrogen-bond acceptors (Lipinski definition) is 4. The number of aryl methyl sites for hydroxylation is 1. The van der Waals surface area contributed by atoms with Crippen molar-refractivity contribution in [2.75, 3.05) is 11.9 Å². The molecule has 2 aromatic carbocycles. The van der Waals surface area contributed by atoms with Gasteiger partial charge in [0.05, 0.1) is 6.07 Å². The van der Waals surface area contributed by atoms with Crippen molar-refractivity contribution in [3.63, 3.8) is 0 Å². The van der Waals surface area contributed by atoms with Gasteiger partial charge >= 0.3 is 0 Å². The normalized spacial score (nSPS) is 13.8. The van der Waals surface area contributed by atoms with E-state index in [1.54, 1.807) is 30.3 Å². The maximum atomic E-state index is 14.5. The third-order valence-electron chi connectivity index (χ3n) is 4.12. The van der Waals surface area contributed by atoms with Crippen LogP contribution in [0.4, 0.5) is 10.1 Å². The smallest absolute Gasteiger partial charge is 0.247 e.